The maximum atomic E-state index is 11.3. The van der Waals surface area contributed by atoms with E-state index in [-0.39, 0.29) is 5.97 Å². The van der Waals surface area contributed by atoms with Crippen molar-refractivity contribution in [1.29, 1.82) is 0 Å². The minimum Gasteiger partial charge on any atom is -0.465 e. The zero-order chi connectivity index (χ0) is 14.5. The number of esters is 1. The highest BCUT2D eigenvalue weighted by Crippen LogP contribution is 2.13. The lowest BCUT2D eigenvalue weighted by Gasteiger charge is -2.10. The van der Waals surface area contributed by atoms with Crippen LogP contribution in [0, 0.1) is 6.92 Å². The van der Waals surface area contributed by atoms with E-state index in [4.69, 9.17) is 12.2 Å². The number of aryl methyl sites for hydroxylation is 1. The van der Waals surface area contributed by atoms with Crippen molar-refractivity contribution in [1.82, 2.24) is 4.98 Å². The average Bonchev–Trinajstić information content (AvgIpc) is 2.47. The summed E-state index contributed by atoms with van der Waals surface area (Å²) in [6.07, 6.45) is 1.73. The van der Waals surface area contributed by atoms with E-state index >= 15 is 0 Å². The number of hydrogen-bond donors (Lipinski definition) is 1. The van der Waals surface area contributed by atoms with Gasteiger partial charge >= 0.3 is 5.97 Å². The van der Waals surface area contributed by atoms with Crippen molar-refractivity contribution in [3.8, 4) is 0 Å². The maximum Gasteiger partial charge on any atom is 0.337 e. The molecular formula is C15H14N2O2S. The van der Waals surface area contributed by atoms with Gasteiger partial charge in [-0.2, -0.15) is 0 Å². The standard InChI is InChI=1S/C15H14N2O2S/c1-10-13(4-3-9-16-10)14(20)17-12-7-5-11(6-8-12)15(18)19-2/h3-9H,1-2H3,(H,17,20). The Hall–Kier alpha value is -2.27. The summed E-state index contributed by atoms with van der Waals surface area (Å²) in [5, 5.41) is 3.12. The SMILES string of the molecule is COC(=O)c1ccc(NC(=S)c2cccnc2C)cc1. The average molecular weight is 286 g/mol. The number of pyridine rings is 1. The van der Waals surface area contributed by atoms with Crippen LogP contribution in [-0.2, 0) is 4.74 Å². The summed E-state index contributed by atoms with van der Waals surface area (Å²) in [6, 6.07) is 10.7. The third-order valence-corrected chi connectivity index (χ3v) is 3.14. The number of benzene rings is 1. The van der Waals surface area contributed by atoms with Crippen LogP contribution in [0.4, 0.5) is 5.69 Å². The Bertz CT molecular complexity index is 639. The maximum absolute atomic E-state index is 11.3. The van der Waals surface area contributed by atoms with E-state index in [0.717, 1.165) is 16.9 Å². The van der Waals surface area contributed by atoms with Crippen LogP contribution in [-0.4, -0.2) is 23.1 Å². The fourth-order valence-electron chi connectivity index (χ4n) is 1.73. The predicted molar refractivity (Wildman–Crippen MR) is 82.1 cm³/mol. The second-order valence-electron chi connectivity index (χ2n) is 4.16. The highest BCUT2D eigenvalue weighted by atomic mass is 32.1. The molecule has 0 saturated heterocycles. The van der Waals surface area contributed by atoms with Crippen molar-refractivity contribution in [3.05, 3.63) is 59.4 Å². The fraction of sp³-hybridized carbons (Fsp3) is 0.133. The number of anilines is 1. The molecule has 2 aromatic rings. The Morgan fingerprint density at radius 3 is 2.55 bits per heavy atom. The lowest BCUT2D eigenvalue weighted by atomic mass is 10.2. The summed E-state index contributed by atoms with van der Waals surface area (Å²) >= 11 is 5.35. The van der Waals surface area contributed by atoms with Crippen molar-refractivity contribution < 1.29 is 9.53 Å². The summed E-state index contributed by atoms with van der Waals surface area (Å²) < 4.78 is 4.65. The first kappa shape index (κ1) is 14.1. The topological polar surface area (TPSA) is 51.2 Å². The van der Waals surface area contributed by atoms with Gasteiger partial charge in [0.15, 0.2) is 0 Å². The second kappa shape index (κ2) is 6.25. The largest absolute Gasteiger partial charge is 0.465 e. The van der Waals surface area contributed by atoms with Gasteiger partial charge in [-0.15, -0.1) is 0 Å². The van der Waals surface area contributed by atoms with E-state index in [9.17, 15) is 4.79 Å². The van der Waals surface area contributed by atoms with Gasteiger partial charge < -0.3 is 10.1 Å². The summed E-state index contributed by atoms with van der Waals surface area (Å²) in [5.74, 6) is -0.359. The fourth-order valence-corrected chi connectivity index (χ4v) is 2.06. The van der Waals surface area contributed by atoms with Crippen molar-refractivity contribution >= 4 is 28.9 Å². The number of thiocarbonyl (C=S) groups is 1. The van der Waals surface area contributed by atoms with Crippen LogP contribution in [0.5, 0.6) is 0 Å². The first-order valence-corrected chi connectivity index (χ1v) is 6.44. The zero-order valence-electron chi connectivity index (χ0n) is 11.2. The Balaban J connectivity index is 2.13. The van der Waals surface area contributed by atoms with Gasteiger partial charge in [0.1, 0.15) is 4.99 Å². The highest BCUT2D eigenvalue weighted by molar-refractivity contribution is 7.81. The van der Waals surface area contributed by atoms with Gasteiger partial charge in [-0.3, -0.25) is 4.98 Å². The van der Waals surface area contributed by atoms with Crippen LogP contribution < -0.4 is 5.32 Å². The number of aromatic nitrogens is 1. The molecule has 0 aliphatic rings. The van der Waals surface area contributed by atoms with Gasteiger partial charge in [-0.05, 0) is 43.3 Å². The molecule has 0 aliphatic carbocycles. The molecule has 0 bridgehead atoms. The third-order valence-electron chi connectivity index (χ3n) is 2.82. The van der Waals surface area contributed by atoms with E-state index in [1.807, 2.05) is 19.1 Å². The molecule has 4 nitrogen and oxygen atoms in total. The Labute approximate surface area is 122 Å². The Morgan fingerprint density at radius 1 is 1.25 bits per heavy atom. The summed E-state index contributed by atoms with van der Waals surface area (Å²) in [7, 11) is 1.36. The van der Waals surface area contributed by atoms with Gasteiger partial charge in [0.25, 0.3) is 0 Å². The van der Waals surface area contributed by atoms with Crippen molar-refractivity contribution in [2.75, 3.05) is 12.4 Å². The third kappa shape index (κ3) is 3.19. The predicted octanol–water partition coefficient (Wildman–Crippen LogP) is 2.96. The molecule has 0 amide bonds. The van der Waals surface area contributed by atoms with Crippen LogP contribution in [0.3, 0.4) is 0 Å². The number of carbonyl (C=O) groups excluding carboxylic acids is 1. The van der Waals surface area contributed by atoms with Crippen LogP contribution in [0.25, 0.3) is 0 Å². The van der Waals surface area contributed by atoms with E-state index in [1.54, 1.807) is 30.5 Å². The molecule has 1 N–H and O–H groups in total. The number of nitrogens with zero attached hydrogens (tertiary/aromatic N) is 1. The molecule has 0 unspecified atom stereocenters. The van der Waals surface area contributed by atoms with Crippen LogP contribution in [0.2, 0.25) is 0 Å². The first-order valence-electron chi connectivity index (χ1n) is 6.03. The van der Waals surface area contributed by atoms with Crippen molar-refractivity contribution in [2.24, 2.45) is 0 Å². The summed E-state index contributed by atoms with van der Waals surface area (Å²) in [4.78, 5) is 16.1. The van der Waals surface area contributed by atoms with Gasteiger partial charge in [-0.25, -0.2) is 4.79 Å². The van der Waals surface area contributed by atoms with E-state index in [0.29, 0.717) is 10.6 Å². The molecule has 0 atom stereocenters. The molecule has 5 heteroatoms. The highest BCUT2D eigenvalue weighted by Gasteiger charge is 2.07. The van der Waals surface area contributed by atoms with E-state index in [1.165, 1.54) is 7.11 Å². The normalized spacial score (nSPS) is 9.90. The molecule has 1 aromatic heterocycles. The molecular weight excluding hydrogens is 272 g/mol. The van der Waals surface area contributed by atoms with Gasteiger partial charge in [0.05, 0.1) is 12.7 Å². The van der Waals surface area contributed by atoms with Gasteiger partial charge in [0.2, 0.25) is 0 Å². The van der Waals surface area contributed by atoms with Crippen molar-refractivity contribution in [2.45, 2.75) is 6.92 Å². The quantitative estimate of drug-likeness (QED) is 0.694. The molecule has 0 aliphatic heterocycles. The lowest BCUT2D eigenvalue weighted by Crippen LogP contribution is -2.12. The number of ether oxygens (including phenoxy) is 1. The van der Waals surface area contributed by atoms with Crippen molar-refractivity contribution in [3.63, 3.8) is 0 Å². The Morgan fingerprint density at radius 2 is 1.95 bits per heavy atom. The molecule has 0 fully saturated rings. The number of carbonyl (C=O) groups is 1. The van der Waals surface area contributed by atoms with E-state index in [2.05, 4.69) is 15.0 Å². The summed E-state index contributed by atoms with van der Waals surface area (Å²) in [5.41, 5.74) is 3.07. The molecule has 102 valence electrons. The summed E-state index contributed by atoms with van der Waals surface area (Å²) in [6.45, 7) is 1.91. The van der Waals surface area contributed by atoms with Crippen LogP contribution in [0.15, 0.2) is 42.6 Å². The monoisotopic (exact) mass is 286 g/mol. The molecule has 0 radical (unpaired) electrons. The molecule has 1 heterocycles. The number of hydrogen-bond acceptors (Lipinski definition) is 4. The molecule has 2 rings (SSSR count). The molecule has 20 heavy (non-hydrogen) atoms. The van der Waals surface area contributed by atoms with Crippen LogP contribution in [0.1, 0.15) is 21.6 Å². The molecule has 0 spiro atoms. The van der Waals surface area contributed by atoms with Gasteiger partial charge in [-0.1, -0.05) is 12.2 Å². The number of rotatable bonds is 3. The van der Waals surface area contributed by atoms with Gasteiger partial charge in [0, 0.05) is 23.1 Å². The molecule has 1 aromatic carbocycles. The number of methoxy groups -OCH3 is 1. The molecule has 0 saturated carbocycles. The smallest absolute Gasteiger partial charge is 0.337 e. The minimum atomic E-state index is -0.359. The number of nitrogens with one attached hydrogen (secondary N) is 1. The lowest BCUT2D eigenvalue weighted by molar-refractivity contribution is 0.0601. The van der Waals surface area contributed by atoms with Crippen LogP contribution >= 0.6 is 12.2 Å². The Kier molecular flexibility index (Phi) is 4.42. The minimum absolute atomic E-state index is 0.359. The first-order chi connectivity index (χ1) is 9.61. The van der Waals surface area contributed by atoms with E-state index < -0.39 is 0 Å². The second-order valence-corrected chi connectivity index (χ2v) is 4.57. The zero-order valence-corrected chi connectivity index (χ0v) is 12.0.